The number of thiophene rings is 1. The molecule has 0 aromatic carbocycles. The average molecular weight is 371 g/mol. The van der Waals surface area contributed by atoms with Crippen molar-refractivity contribution in [2.75, 3.05) is 26.2 Å². The Hall–Kier alpha value is -0.920. The molecule has 0 bridgehead atoms. The fourth-order valence-electron chi connectivity index (χ4n) is 3.60. The lowest BCUT2D eigenvalue weighted by atomic mass is 10.1. The minimum atomic E-state index is -3.43. The lowest BCUT2D eigenvalue weighted by Gasteiger charge is -2.24. The molecule has 1 saturated heterocycles. The fraction of sp³-hybridized carbons (Fsp3) is 0.706. The van der Waals surface area contributed by atoms with E-state index in [9.17, 15) is 13.2 Å². The van der Waals surface area contributed by atoms with Crippen LogP contribution >= 0.6 is 11.3 Å². The standard InChI is InChI=1S/C17H26N2O3S2/c1-2-15-8-9-16(23-15)24(21,22)19-11-5-10-18(12-13-19)17(20)14-6-3-4-7-14/h8-9,14H,2-7,10-13H2,1H3. The molecule has 0 unspecified atom stereocenters. The van der Waals surface area contributed by atoms with Gasteiger partial charge in [-0.05, 0) is 37.8 Å². The molecule has 134 valence electrons. The molecule has 24 heavy (non-hydrogen) atoms. The number of carbonyl (C=O) groups excluding carboxylic acids is 1. The van der Waals surface area contributed by atoms with Gasteiger partial charge in [-0.15, -0.1) is 11.3 Å². The Morgan fingerprint density at radius 2 is 1.88 bits per heavy atom. The van der Waals surface area contributed by atoms with E-state index < -0.39 is 10.0 Å². The van der Waals surface area contributed by atoms with Gasteiger partial charge in [-0.1, -0.05) is 19.8 Å². The Labute approximate surface area is 148 Å². The van der Waals surface area contributed by atoms with Gasteiger partial charge in [0, 0.05) is 37.0 Å². The van der Waals surface area contributed by atoms with E-state index in [0.29, 0.717) is 36.8 Å². The maximum absolute atomic E-state index is 12.8. The van der Waals surface area contributed by atoms with Gasteiger partial charge in [0.1, 0.15) is 4.21 Å². The first-order chi connectivity index (χ1) is 11.5. The number of sulfonamides is 1. The Morgan fingerprint density at radius 3 is 2.54 bits per heavy atom. The summed E-state index contributed by atoms with van der Waals surface area (Å²) >= 11 is 1.36. The molecule has 0 N–H and O–H groups in total. The van der Waals surface area contributed by atoms with Crippen LogP contribution in [0.1, 0.15) is 43.9 Å². The number of carbonyl (C=O) groups is 1. The van der Waals surface area contributed by atoms with Gasteiger partial charge in [0.25, 0.3) is 10.0 Å². The maximum Gasteiger partial charge on any atom is 0.252 e. The molecular weight excluding hydrogens is 344 g/mol. The van der Waals surface area contributed by atoms with E-state index in [1.54, 1.807) is 10.4 Å². The van der Waals surface area contributed by atoms with Gasteiger partial charge in [0.15, 0.2) is 0 Å². The molecule has 3 rings (SSSR count). The van der Waals surface area contributed by atoms with Crippen LogP contribution in [0.3, 0.4) is 0 Å². The Balaban J connectivity index is 1.67. The van der Waals surface area contributed by atoms with E-state index in [0.717, 1.165) is 37.0 Å². The molecule has 2 aliphatic rings. The van der Waals surface area contributed by atoms with Gasteiger partial charge < -0.3 is 4.90 Å². The molecule has 2 fully saturated rings. The SMILES string of the molecule is CCc1ccc(S(=O)(=O)N2CCCN(C(=O)C3CCCC3)CC2)s1. The van der Waals surface area contributed by atoms with Crippen LogP contribution in [-0.2, 0) is 21.2 Å². The zero-order valence-electron chi connectivity index (χ0n) is 14.2. The van der Waals surface area contributed by atoms with Crippen molar-refractivity contribution in [1.82, 2.24) is 9.21 Å². The van der Waals surface area contributed by atoms with E-state index in [1.807, 2.05) is 17.9 Å². The molecule has 0 atom stereocenters. The zero-order valence-corrected chi connectivity index (χ0v) is 15.9. The fourth-order valence-corrected chi connectivity index (χ4v) is 6.52. The van der Waals surface area contributed by atoms with Crippen molar-refractivity contribution >= 4 is 27.3 Å². The number of hydrogen-bond donors (Lipinski definition) is 0. The number of nitrogens with zero attached hydrogens (tertiary/aromatic N) is 2. The van der Waals surface area contributed by atoms with Crippen molar-refractivity contribution in [1.29, 1.82) is 0 Å². The van der Waals surface area contributed by atoms with Crippen LogP contribution in [0.2, 0.25) is 0 Å². The molecule has 0 spiro atoms. The molecule has 1 amide bonds. The Morgan fingerprint density at radius 1 is 1.12 bits per heavy atom. The van der Waals surface area contributed by atoms with Crippen LogP contribution in [0.25, 0.3) is 0 Å². The Kier molecular flexibility index (Phi) is 5.62. The summed E-state index contributed by atoms with van der Waals surface area (Å²) in [4.78, 5) is 15.6. The van der Waals surface area contributed by atoms with Crippen molar-refractivity contribution in [3.05, 3.63) is 17.0 Å². The summed E-state index contributed by atoms with van der Waals surface area (Å²) in [5, 5.41) is 0. The van der Waals surface area contributed by atoms with Gasteiger partial charge in [-0.25, -0.2) is 8.42 Å². The van der Waals surface area contributed by atoms with Crippen LogP contribution in [0.4, 0.5) is 0 Å². The predicted molar refractivity (Wildman–Crippen MR) is 95.6 cm³/mol. The largest absolute Gasteiger partial charge is 0.341 e. The van der Waals surface area contributed by atoms with E-state index in [1.165, 1.54) is 11.3 Å². The lowest BCUT2D eigenvalue weighted by molar-refractivity contribution is -0.135. The summed E-state index contributed by atoms with van der Waals surface area (Å²) in [6.07, 6.45) is 5.83. The molecule has 5 nitrogen and oxygen atoms in total. The smallest absolute Gasteiger partial charge is 0.252 e. The third kappa shape index (κ3) is 3.68. The van der Waals surface area contributed by atoms with E-state index in [-0.39, 0.29) is 11.8 Å². The van der Waals surface area contributed by atoms with Crippen LogP contribution in [0, 0.1) is 5.92 Å². The first-order valence-corrected chi connectivity index (χ1v) is 11.2. The van der Waals surface area contributed by atoms with Crippen LogP contribution < -0.4 is 0 Å². The van der Waals surface area contributed by atoms with Crippen LogP contribution in [0.15, 0.2) is 16.3 Å². The highest BCUT2D eigenvalue weighted by Gasteiger charge is 2.32. The Bertz CT molecular complexity index is 678. The summed E-state index contributed by atoms with van der Waals surface area (Å²) < 4.78 is 27.7. The normalized spacial score (nSPS) is 21.1. The summed E-state index contributed by atoms with van der Waals surface area (Å²) in [6.45, 7) is 4.11. The molecule has 1 aromatic heterocycles. The number of rotatable bonds is 4. The molecule has 1 aliphatic heterocycles. The third-order valence-electron chi connectivity index (χ3n) is 5.05. The number of aryl methyl sites for hydroxylation is 1. The number of amides is 1. The van der Waals surface area contributed by atoms with Gasteiger partial charge in [0.05, 0.1) is 0 Å². The minimum Gasteiger partial charge on any atom is -0.341 e. The van der Waals surface area contributed by atoms with Gasteiger partial charge in [0.2, 0.25) is 5.91 Å². The number of hydrogen-bond acceptors (Lipinski definition) is 4. The van der Waals surface area contributed by atoms with Crippen LogP contribution in [-0.4, -0.2) is 49.7 Å². The predicted octanol–water partition coefficient (Wildman–Crippen LogP) is 2.72. The van der Waals surface area contributed by atoms with Crippen molar-refractivity contribution in [2.45, 2.75) is 49.7 Å². The van der Waals surface area contributed by atoms with Crippen molar-refractivity contribution in [3.8, 4) is 0 Å². The lowest BCUT2D eigenvalue weighted by Crippen LogP contribution is -2.39. The highest BCUT2D eigenvalue weighted by Crippen LogP contribution is 2.28. The molecule has 1 aromatic rings. The molecule has 0 radical (unpaired) electrons. The van der Waals surface area contributed by atoms with Gasteiger partial charge in [-0.2, -0.15) is 4.31 Å². The second kappa shape index (κ2) is 7.54. The highest BCUT2D eigenvalue weighted by molar-refractivity contribution is 7.91. The van der Waals surface area contributed by atoms with E-state index in [2.05, 4.69) is 0 Å². The average Bonchev–Trinajstić information content (AvgIpc) is 3.21. The molecule has 1 aliphatic carbocycles. The van der Waals surface area contributed by atoms with Gasteiger partial charge in [-0.3, -0.25) is 4.79 Å². The van der Waals surface area contributed by atoms with Crippen molar-refractivity contribution in [3.63, 3.8) is 0 Å². The summed E-state index contributed by atoms with van der Waals surface area (Å²) in [5.41, 5.74) is 0. The summed E-state index contributed by atoms with van der Waals surface area (Å²) in [5.74, 6) is 0.397. The van der Waals surface area contributed by atoms with E-state index in [4.69, 9.17) is 0 Å². The van der Waals surface area contributed by atoms with Crippen molar-refractivity contribution < 1.29 is 13.2 Å². The molecule has 7 heteroatoms. The van der Waals surface area contributed by atoms with E-state index >= 15 is 0 Å². The second-order valence-corrected chi connectivity index (χ2v) is 9.97. The third-order valence-corrected chi connectivity index (χ3v) is 8.65. The highest BCUT2D eigenvalue weighted by atomic mass is 32.2. The minimum absolute atomic E-state index is 0.164. The van der Waals surface area contributed by atoms with Crippen molar-refractivity contribution in [2.24, 2.45) is 5.92 Å². The molecular formula is C17H26N2O3S2. The summed E-state index contributed by atoms with van der Waals surface area (Å²) in [6, 6.07) is 3.61. The molecule has 2 heterocycles. The summed E-state index contributed by atoms with van der Waals surface area (Å²) in [7, 11) is -3.43. The van der Waals surface area contributed by atoms with Crippen LogP contribution in [0.5, 0.6) is 0 Å². The second-order valence-electron chi connectivity index (χ2n) is 6.64. The topological polar surface area (TPSA) is 57.7 Å². The first kappa shape index (κ1) is 17.9. The quantitative estimate of drug-likeness (QED) is 0.819. The van der Waals surface area contributed by atoms with Gasteiger partial charge >= 0.3 is 0 Å². The molecule has 1 saturated carbocycles. The monoisotopic (exact) mass is 370 g/mol. The maximum atomic E-state index is 12.8. The first-order valence-electron chi connectivity index (χ1n) is 8.90. The zero-order chi connectivity index (χ0) is 17.2.